The number of ether oxygens (including phenoxy) is 1. The molecule has 1 aromatic heterocycles. The van der Waals surface area contributed by atoms with E-state index in [0.717, 1.165) is 12.3 Å². The van der Waals surface area contributed by atoms with Gasteiger partial charge in [-0.2, -0.15) is 13.2 Å². The molecule has 1 atom stereocenters. The van der Waals surface area contributed by atoms with Crippen molar-refractivity contribution < 1.29 is 27.5 Å². The number of anilines is 2. The van der Waals surface area contributed by atoms with Gasteiger partial charge in [-0.25, -0.2) is 9.88 Å². The van der Waals surface area contributed by atoms with Gasteiger partial charge in [0.1, 0.15) is 11.6 Å². The van der Waals surface area contributed by atoms with E-state index in [-0.39, 0.29) is 29.3 Å². The molecule has 2 amide bonds. The third-order valence-corrected chi connectivity index (χ3v) is 6.21. The molecule has 2 aromatic rings. The van der Waals surface area contributed by atoms with Crippen LogP contribution in [0, 0.1) is 0 Å². The number of carbonyl (C=O) groups excluding carboxylic acids is 2. The van der Waals surface area contributed by atoms with Crippen LogP contribution in [0.4, 0.5) is 24.7 Å². The first-order valence-corrected chi connectivity index (χ1v) is 11.4. The SMILES string of the molecule is CCOc1ccc(N2C(=O)CC(NC3CCN(c4ncc(C(F)(F)F)cc4Cl)CC3)C2=O)cc1. The number of amides is 2. The number of rotatable bonds is 6. The predicted octanol–water partition coefficient (Wildman–Crippen LogP) is 4.04. The molecule has 0 radical (unpaired) electrons. The standard InChI is InChI=1S/C23H24ClF3N4O3/c1-2-34-17-5-3-16(4-6-17)31-20(32)12-19(22(31)33)29-15-7-9-30(10-8-15)21-18(24)11-14(13-28-21)23(25,26)27/h3-6,11,13,15,19,29H,2,7-10,12H2,1H3. The van der Waals surface area contributed by atoms with Crippen molar-refractivity contribution in [2.45, 2.75) is 44.4 Å². The number of piperidine rings is 1. The number of nitrogens with one attached hydrogen (secondary N) is 1. The van der Waals surface area contributed by atoms with Crippen molar-refractivity contribution in [3.63, 3.8) is 0 Å². The Morgan fingerprint density at radius 3 is 2.44 bits per heavy atom. The molecule has 11 heteroatoms. The highest BCUT2D eigenvalue weighted by Crippen LogP contribution is 2.34. The highest BCUT2D eigenvalue weighted by molar-refractivity contribution is 6.33. The zero-order valence-corrected chi connectivity index (χ0v) is 19.2. The van der Waals surface area contributed by atoms with Gasteiger partial charge in [-0.05, 0) is 50.1 Å². The molecular weight excluding hydrogens is 473 g/mol. The molecule has 2 aliphatic heterocycles. The molecule has 0 aliphatic carbocycles. The monoisotopic (exact) mass is 496 g/mol. The Morgan fingerprint density at radius 2 is 1.85 bits per heavy atom. The fourth-order valence-corrected chi connectivity index (χ4v) is 4.54. The minimum absolute atomic E-state index is 0.0218. The largest absolute Gasteiger partial charge is 0.494 e. The maximum Gasteiger partial charge on any atom is 0.417 e. The summed E-state index contributed by atoms with van der Waals surface area (Å²) < 4.78 is 43.9. The number of imide groups is 1. The first-order valence-electron chi connectivity index (χ1n) is 11.0. The highest BCUT2D eigenvalue weighted by atomic mass is 35.5. The highest BCUT2D eigenvalue weighted by Gasteiger charge is 2.41. The van der Waals surface area contributed by atoms with Crippen LogP contribution >= 0.6 is 11.6 Å². The van der Waals surface area contributed by atoms with Crippen LogP contribution in [0.1, 0.15) is 31.7 Å². The third-order valence-electron chi connectivity index (χ3n) is 5.93. The molecule has 0 spiro atoms. The van der Waals surface area contributed by atoms with Gasteiger partial charge in [0.05, 0.1) is 35.3 Å². The molecule has 3 heterocycles. The van der Waals surface area contributed by atoms with E-state index in [2.05, 4.69) is 10.3 Å². The van der Waals surface area contributed by atoms with E-state index in [0.29, 0.717) is 49.8 Å². The molecule has 0 bridgehead atoms. The Labute approximate surface area is 199 Å². The first-order chi connectivity index (χ1) is 16.2. The van der Waals surface area contributed by atoms with Crippen LogP contribution in [0.2, 0.25) is 5.02 Å². The molecular formula is C23H24ClF3N4O3. The molecule has 7 nitrogen and oxygen atoms in total. The second kappa shape index (κ2) is 9.79. The molecule has 1 N–H and O–H groups in total. The molecule has 1 aromatic carbocycles. The van der Waals surface area contributed by atoms with Gasteiger partial charge >= 0.3 is 6.18 Å². The van der Waals surface area contributed by atoms with Crippen LogP contribution in [-0.2, 0) is 15.8 Å². The summed E-state index contributed by atoms with van der Waals surface area (Å²) in [6.07, 6.45) is -2.40. The lowest BCUT2D eigenvalue weighted by atomic mass is 10.0. The number of pyridine rings is 1. The zero-order valence-electron chi connectivity index (χ0n) is 18.4. The van der Waals surface area contributed by atoms with Crippen LogP contribution in [0.5, 0.6) is 5.75 Å². The summed E-state index contributed by atoms with van der Waals surface area (Å²) in [5.74, 6) is 0.394. The summed E-state index contributed by atoms with van der Waals surface area (Å²) in [4.78, 5) is 32.4. The Balaban J connectivity index is 1.34. The van der Waals surface area contributed by atoms with Gasteiger partial charge in [-0.3, -0.25) is 9.59 Å². The number of aromatic nitrogens is 1. The fourth-order valence-electron chi connectivity index (χ4n) is 4.25. The van der Waals surface area contributed by atoms with Crippen LogP contribution in [-0.4, -0.2) is 48.6 Å². The number of alkyl halides is 3. The normalized spacial score (nSPS) is 19.7. The Hall–Kier alpha value is -2.85. The van der Waals surface area contributed by atoms with Gasteiger partial charge in [0.25, 0.3) is 5.91 Å². The lowest BCUT2D eigenvalue weighted by Crippen LogP contribution is -2.49. The van der Waals surface area contributed by atoms with E-state index in [1.165, 1.54) is 4.90 Å². The second-order valence-electron chi connectivity index (χ2n) is 8.21. The van der Waals surface area contributed by atoms with E-state index in [9.17, 15) is 22.8 Å². The summed E-state index contributed by atoms with van der Waals surface area (Å²) in [6, 6.07) is 7.04. The van der Waals surface area contributed by atoms with E-state index >= 15 is 0 Å². The molecule has 2 saturated heterocycles. The first kappa shape index (κ1) is 24.3. The molecule has 182 valence electrons. The van der Waals surface area contributed by atoms with Crippen LogP contribution < -0.4 is 19.9 Å². The van der Waals surface area contributed by atoms with E-state index in [1.807, 2.05) is 11.8 Å². The molecule has 1 unspecified atom stereocenters. The lowest BCUT2D eigenvalue weighted by molar-refractivity contribution is -0.137. The third kappa shape index (κ3) is 5.12. The Kier molecular flexibility index (Phi) is 6.99. The summed E-state index contributed by atoms with van der Waals surface area (Å²) in [6.45, 7) is 3.41. The second-order valence-corrected chi connectivity index (χ2v) is 8.61. The maximum atomic E-state index is 12.9. The van der Waals surface area contributed by atoms with Crippen LogP contribution in [0.15, 0.2) is 36.5 Å². The molecule has 0 saturated carbocycles. The fraction of sp³-hybridized carbons (Fsp3) is 0.435. The maximum absolute atomic E-state index is 12.9. The van der Waals surface area contributed by atoms with Crippen molar-refractivity contribution in [2.24, 2.45) is 0 Å². The van der Waals surface area contributed by atoms with Crippen LogP contribution in [0.3, 0.4) is 0 Å². The van der Waals surface area contributed by atoms with E-state index in [1.54, 1.807) is 24.3 Å². The van der Waals surface area contributed by atoms with Crippen molar-refractivity contribution in [1.29, 1.82) is 0 Å². The van der Waals surface area contributed by atoms with E-state index in [4.69, 9.17) is 16.3 Å². The smallest absolute Gasteiger partial charge is 0.417 e. The number of halogens is 4. The zero-order chi connectivity index (χ0) is 24.5. The quantitative estimate of drug-likeness (QED) is 0.608. The Bertz CT molecular complexity index is 1060. The van der Waals surface area contributed by atoms with E-state index < -0.39 is 17.8 Å². The summed E-state index contributed by atoms with van der Waals surface area (Å²) in [5, 5.41) is 3.23. The number of carbonyl (C=O) groups is 2. The average molecular weight is 497 g/mol. The van der Waals surface area contributed by atoms with Crippen molar-refractivity contribution in [3.8, 4) is 5.75 Å². The average Bonchev–Trinajstić information content (AvgIpc) is 3.07. The van der Waals surface area contributed by atoms with Gasteiger partial charge in [-0.15, -0.1) is 0 Å². The lowest BCUT2D eigenvalue weighted by Gasteiger charge is -2.34. The summed E-state index contributed by atoms with van der Waals surface area (Å²) >= 11 is 6.06. The Morgan fingerprint density at radius 1 is 1.18 bits per heavy atom. The molecule has 2 fully saturated rings. The minimum Gasteiger partial charge on any atom is -0.494 e. The van der Waals surface area contributed by atoms with Crippen molar-refractivity contribution in [2.75, 3.05) is 29.5 Å². The van der Waals surface area contributed by atoms with Gasteiger partial charge < -0.3 is 15.0 Å². The number of benzene rings is 1. The van der Waals surface area contributed by atoms with Gasteiger partial charge in [0, 0.05) is 25.3 Å². The predicted molar refractivity (Wildman–Crippen MR) is 121 cm³/mol. The number of hydrogen-bond acceptors (Lipinski definition) is 6. The van der Waals surface area contributed by atoms with Crippen molar-refractivity contribution in [3.05, 3.63) is 47.1 Å². The molecule has 4 rings (SSSR count). The number of nitrogens with zero attached hydrogens (tertiary/aromatic N) is 3. The van der Waals surface area contributed by atoms with Gasteiger partial charge in [-0.1, -0.05) is 11.6 Å². The molecule has 2 aliphatic rings. The topological polar surface area (TPSA) is 74.8 Å². The van der Waals surface area contributed by atoms with Gasteiger partial charge in [0.2, 0.25) is 5.91 Å². The minimum atomic E-state index is -4.50. The summed E-state index contributed by atoms with van der Waals surface area (Å²) in [5.41, 5.74) is -0.389. The van der Waals surface area contributed by atoms with Crippen LogP contribution in [0.25, 0.3) is 0 Å². The summed E-state index contributed by atoms with van der Waals surface area (Å²) in [7, 11) is 0. The molecule has 34 heavy (non-hydrogen) atoms. The number of hydrogen-bond donors (Lipinski definition) is 1. The van der Waals surface area contributed by atoms with Gasteiger partial charge in [0.15, 0.2) is 0 Å². The van der Waals surface area contributed by atoms with Crippen molar-refractivity contribution in [1.82, 2.24) is 10.3 Å². The van der Waals surface area contributed by atoms with Crippen molar-refractivity contribution >= 4 is 34.9 Å².